The molecule has 0 aromatic heterocycles. The van der Waals surface area contributed by atoms with Gasteiger partial charge in [0, 0.05) is 10.5 Å². The van der Waals surface area contributed by atoms with E-state index < -0.39 is 0 Å². The first-order valence-corrected chi connectivity index (χ1v) is 4.40. The van der Waals surface area contributed by atoms with Gasteiger partial charge in [0.1, 0.15) is 11.7 Å². The SMILES string of the molecule is C=C1OCSc2ccccc21. The van der Waals surface area contributed by atoms with Crippen LogP contribution >= 0.6 is 11.8 Å². The van der Waals surface area contributed by atoms with Gasteiger partial charge in [0.05, 0.1) is 0 Å². The van der Waals surface area contributed by atoms with Crippen molar-refractivity contribution in [3.05, 3.63) is 36.4 Å². The first-order chi connectivity index (χ1) is 5.38. The summed E-state index contributed by atoms with van der Waals surface area (Å²) in [6.07, 6.45) is 0. The monoisotopic (exact) mass is 164 g/mol. The van der Waals surface area contributed by atoms with Crippen LogP contribution in [0.25, 0.3) is 5.76 Å². The van der Waals surface area contributed by atoms with Crippen LogP contribution in [0.3, 0.4) is 0 Å². The van der Waals surface area contributed by atoms with Crippen LogP contribution in [0.15, 0.2) is 35.7 Å². The first kappa shape index (κ1) is 6.80. The van der Waals surface area contributed by atoms with Crippen molar-refractivity contribution in [2.24, 2.45) is 0 Å². The van der Waals surface area contributed by atoms with Gasteiger partial charge in [-0.15, -0.1) is 0 Å². The van der Waals surface area contributed by atoms with Gasteiger partial charge in [-0.2, -0.15) is 0 Å². The van der Waals surface area contributed by atoms with Crippen molar-refractivity contribution >= 4 is 17.5 Å². The minimum Gasteiger partial charge on any atom is -0.483 e. The van der Waals surface area contributed by atoms with E-state index in [1.165, 1.54) is 4.90 Å². The second-order valence-corrected chi connectivity index (χ2v) is 3.29. The smallest absolute Gasteiger partial charge is 0.138 e. The molecule has 0 aliphatic carbocycles. The number of thioether (sulfide) groups is 1. The normalized spacial score (nSPS) is 15.5. The van der Waals surface area contributed by atoms with Crippen LogP contribution in [-0.4, -0.2) is 5.94 Å². The summed E-state index contributed by atoms with van der Waals surface area (Å²) < 4.78 is 5.27. The quantitative estimate of drug-likeness (QED) is 0.583. The zero-order valence-electron chi connectivity index (χ0n) is 6.04. The van der Waals surface area contributed by atoms with Crippen LogP contribution in [-0.2, 0) is 4.74 Å². The van der Waals surface area contributed by atoms with E-state index in [1.807, 2.05) is 18.2 Å². The third-order valence-corrected chi connectivity index (χ3v) is 2.54. The summed E-state index contributed by atoms with van der Waals surface area (Å²) in [7, 11) is 0. The molecule has 1 nitrogen and oxygen atoms in total. The van der Waals surface area contributed by atoms with Crippen molar-refractivity contribution in [2.75, 3.05) is 5.94 Å². The Bertz CT molecular complexity index is 293. The summed E-state index contributed by atoms with van der Waals surface area (Å²) >= 11 is 1.71. The third-order valence-electron chi connectivity index (χ3n) is 1.64. The summed E-state index contributed by atoms with van der Waals surface area (Å²) in [5.74, 6) is 1.48. The minimum atomic E-state index is 0.690. The van der Waals surface area contributed by atoms with E-state index in [4.69, 9.17) is 4.74 Å². The molecule has 0 unspecified atom stereocenters. The number of rotatable bonds is 0. The molecule has 0 saturated heterocycles. The lowest BCUT2D eigenvalue weighted by molar-refractivity contribution is 0.344. The van der Waals surface area contributed by atoms with Crippen molar-refractivity contribution in [3.8, 4) is 0 Å². The molecular formula is C9H8OS. The van der Waals surface area contributed by atoms with Crippen molar-refractivity contribution in [1.82, 2.24) is 0 Å². The van der Waals surface area contributed by atoms with Crippen LogP contribution < -0.4 is 0 Å². The highest BCUT2D eigenvalue weighted by Crippen LogP contribution is 2.33. The number of ether oxygens (including phenoxy) is 1. The number of benzene rings is 1. The van der Waals surface area contributed by atoms with Gasteiger partial charge in [-0.25, -0.2) is 0 Å². The van der Waals surface area contributed by atoms with E-state index in [0.29, 0.717) is 5.94 Å². The van der Waals surface area contributed by atoms with Crippen molar-refractivity contribution < 1.29 is 4.74 Å². The van der Waals surface area contributed by atoms with E-state index >= 15 is 0 Å². The van der Waals surface area contributed by atoms with Crippen LogP contribution in [0.2, 0.25) is 0 Å². The van der Waals surface area contributed by atoms with Crippen molar-refractivity contribution in [3.63, 3.8) is 0 Å². The first-order valence-electron chi connectivity index (χ1n) is 3.42. The van der Waals surface area contributed by atoms with E-state index in [0.717, 1.165) is 11.3 Å². The molecule has 0 fully saturated rings. The molecule has 0 spiro atoms. The van der Waals surface area contributed by atoms with Crippen molar-refractivity contribution in [2.45, 2.75) is 4.90 Å². The molecule has 0 bridgehead atoms. The molecule has 1 aliphatic heterocycles. The summed E-state index contributed by atoms with van der Waals surface area (Å²) in [5.41, 5.74) is 1.13. The number of hydrogen-bond donors (Lipinski definition) is 0. The second kappa shape index (κ2) is 2.62. The second-order valence-electron chi connectivity index (χ2n) is 2.33. The maximum absolute atomic E-state index is 5.27. The average molecular weight is 164 g/mol. The van der Waals surface area contributed by atoms with Gasteiger partial charge in [-0.05, 0) is 6.07 Å². The summed E-state index contributed by atoms with van der Waals surface area (Å²) in [4.78, 5) is 1.27. The summed E-state index contributed by atoms with van der Waals surface area (Å²) in [6.45, 7) is 3.82. The van der Waals surface area contributed by atoms with Crippen LogP contribution in [0.5, 0.6) is 0 Å². The molecule has 0 atom stereocenters. The fourth-order valence-corrected chi connectivity index (χ4v) is 1.91. The molecule has 1 heterocycles. The highest BCUT2D eigenvalue weighted by Gasteiger charge is 2.11. The molecule has 2 heteroatoms. The molecule has 0 amide bonds. The highest BCUT2D eigenvalue weighted by atomic mass is 32.2. The number of hydrogen-bond acceptors (Lipinski definition) is 2. The van der Waals surface area contributed by atoms with Crippen LogP contribution in [0, 0.1) is 0 Å². The molecule has 1 aliphatic rings. The fourth-order valence-electron chi connectivity index (χ4n) is 1.06. The van der Waals surface area contributed by atoms with Crippen LogP contribution in [0.1, 0.15) is 5.56 Å². The lowest BCUT2D eigenvalue weighted by Gasteiger charge is -2.17. The van der Waals surface area contributed by atoms with Crippen molar-refractivity contribution in [1.29, 1.82) is 0 Å². The van der Waals surface area contributed by atoms with E-state index in [2.05, 4.69) is 12.6 Å². The van der Waals surface area contributed by atoms with Gasteiger partial charge in [0.25, 0.3) is 0 Å². The Balaban J connectivity index is 2.52. The molecular weight excluding hydrogens is 156 g/mol. The molecule has 0 radical (unpaired) electrons. The lowest BCUT2D eigenvalue weighted by atomic mass is 10.2. The van der Waals surface area contributed by atoms with Gasteiger partial charge in [0.15, 0.2) is 0 Å². The van der Waals surface area contributed by atoms with Gasteiger partial charge in [-0.1, -0.05) is 36.5 Å². The largest absolute Gasteiger partial charge is 0.483 e. The topological polar surface area (TPSA) is 9.23 Å². The van der Waals surface area contributed by atoms with E-state index in [9.17, 15) is 0 Å². The minimum absolute atomic E-state index is 0.690. The Morgan fingerprint density at radius 2 is 2.18 bits per heavy atom. The standard InChI is InChI=1S/C9H8OS/c1-7-8-4-2-3-5-9(8)11-6-10-7/h2-5H,1,6H2. The average Bonchev–Trinajstić information content (AvgIpc) is 2.06. The van der Waals surface area contributed by atoms with Gasteiger partial charge >= 0.3 is 0 Å². The highest BCUT2D eigenvalue weighted by molar-refractivity contribution is 7.99. The summed E-state index contributed by atoms with van der Waals surface area (Å²) in [5, 5.41) is 0. The van der Waals surface area contributed by atoms with Gasteiger partial charge < -0.3 is 4.74 Å². The molecule has 11 heavy (non-hydrogen) atoms. The molecule has 56 valence electrons. The molecule has 0 N–H and O–H groups in total. The maximum Gasteiger partial charge on any atom is 0.138 e. The van der Waals surface area contributed by atoms with Gasteiger partial charge in [-0.3, -0.25) is 0 Å². The molecule has 0 saturated carbocycles. The van der Waals surface area contributed by atoms with Gasteiger partial charge in [0.2, 0.25) is 0 Å². The van der Waals surface area contributed by atoms with E-state index in [1.54, 1.807) is 11.8 Å². The maximum atomic E-state index is 5.27. The third kappa shape index (κ3) is 1.14. The molecule has 2 rings (SSSR count). The Kier molecular flexibility index (Phi) is 1.62. The predicted molar refractivity (Wildman–Crippen MR) is 47.3 cm³/mol. The summed E-state index contributed by atoms with van der Waals surface area (Å²) in [6, 6.07) is 8.15. The Morgan fingerprint density at radius 3 is 3.00 bits per heavy atom. The lowest BCUT2D eigenvalue weighted by Crippen LogP contribution is -1.98. The number of fused-ring (bicyclic) bond motifs is 1. The van der Waals surface area contributed by atoms with E-state index in [-0.39, 0.29) is 0 Å². The molecule has 1 aromatic carbocycles. The fraction of sp³-hybridized carbons (Fsp3) is 0.111. The molecule has 1 aromatic rings. The Hall–Kier alpha value is -0.890. The Morgan fingerprint density at radius 1 is 1.36 bits per heavy atom. The Labute approximate surface area is 70.1 Å². The zero-order chi connectivity index (χ0) is 7.68. The predicted octanol–water partition coefficient (Wildman–Crippen LogP) is 2.74. The zero-order valence-corrected chi connectivity index (χ0v) is 6.86. The van der Waals surface area contributed by atoms with Crippen LogP contribution in [0.4, 0.5) is 0 Å².